The van der Waals surface area contributed by atoms with Gasteiger partial charge in [-0.05, 0) is 36.4 Å². The number of rotatable bonds is 11. The molecular weight excluding hydrogens is 371 g/mol. The number of hydrogen-bond acceptors (Lipinski definition) is 5. The lowest BCUT2D eigenvalue weighted by Crippen LogP contribution is -2.11. The number of halogens is 1. The number of alkyl halides is 1. The van der Waals surface area contributed by atoms with Gasteiger partial charge in [0.1, 0.15) is 19.0 Å². The Bertz CT molecular complexity index is 900. The lowest BCUT2D eigenvalue weighted by Gasteiger charge is -2.12. The summed E-state index contributed by atoms with van der Waals surface area (Å²) in [5, 5.41) is 1.02. The Kier molecular flexibility index (Phi) is 7.78. The molecule has 0 unspecified atom stereocenters. The highest BCUT2D eigenvalue weighted by Crippen LogP contribution is 2.25. The molecule has 1 heterocycles. The van der Waals surface area contributed by atoms with Crippen LogP contribution in [0, 0.1) is 0 Å². The zero-order valence-corrected chi connectivity index (χ0v) is 16.9. The summed E-state index contributed by atoms with van der Waals surface area (Å²) < 4.78 is 28.0. The lowest BCUT2D eigenvalue weighted by molar-refractivity contribution is 0.0325. The van der Waals surface area contributed by atoms with Crippen LogP contribution in [-0.4, -0.2) is 58.8 Å². The summed E-state index contributed by atoms with van der Waals surface area (Å²) in [6, 6.07) is 18.3. The van der Waals surface area contributed by atoms with Crippen LogP contribution in [0.5, 0.6) is 5.75 Å². The van der Waals surface area contributed by atoms with E-state index in [1.807, 2.05) is 38.4 Å². The van der Waals surface area contributed by atoms with Crippen molar-refractivity contribution in [1.82, 2.24) is 4.98 Å². The summed E-state index contributed by atoms with van der Waals surface area (Å²) in [5.41, 5.74) is 4.12. The van der Waals surface area contributed by atoms with Gasteiger partial charge in [-0.3, -0.25) is 0 Å². The van der Waals surface area contributed by atoms with E-state index in [1.165, 1.54) is 0 Å². The van der Waals surface area contributed by atoms with Gasteiger partial charge >= 0.3 is 0 Å². The standard InChI is InChI=1S/C23H27FN2O3/c1-26(2)20-6-3-18(4-7-20)22-9-5-19-17-21(8-10-23(19)25-22)29-16-15-28-14-13-27-12-11-24/h3-10,17H,11-16H2,1-2H3. The van der Waals surface area contributed by atoms with Crippen LogP contribution in [0.2, 0.25) is 0 Å². The van der Waals surface area contributed by atoms with Gasteiger partial charge in [0.25, 0.3) is 0 Å². The van der Waals surface area contributed by atoms with Crippen molar-refractivity contribution in [3.8, 4) is 17.0 Å². The summed E-state index contributed by atoms with van der Waals surface area (Å²) in [6.45, 7) is 1.38. The van der Waals surface area contributed by atoms with Crippen LogP contribution in [0.3, 0.4) is 0 Å². The molecule has 2 aromatic carbocycles. The van der Waals surface area contributed by atoms with E-state index in [0.29, 0.717) is 26.4 Å². The molecule has 0 aliphatic heterocycles. The molecule has 0 spiro atoms. The minimum absolute atomic E-state index is 0.119. The first-order valence-corrected chi connectivity index (χ1v) is 9.70. The predicted molar refractivity (Wildman–Crippen MR) is 115 cm³/mol. The molecule has 0 bridgehead atoms. The Hall–Kier alpha value is -2.70. The van der Waals surface area contributed by atoms with Crippen LogP contribution < -0.4 is 9.64 Å². The molecule has 0 atom stereocenters. The number of benzene rings is 2. The molecule has 0 saturated heterocycles. The average molecular weight is 398 g/mol. The Balaban J connectivity index is 1.55. The van der Waals surface area contributed by atoms with E-state index < -0.39 is 6.67 Å². The zero-order chi connectivity index (χ0) is 20.5. The quantitative estimate of drug-likeness (QED) is 0.449. The van der Waals surface area contributed by atoms with Crippen molar-refractivity contribution in [3.05, 3.63) is 54.6 Å². The third kappa shape index (κ3) is 6.14. The normalized spacial score (nSPS) is 11.0. The summed E-state index contributed by atoms with van der Waals surface area (Å²) in [6.07, 6.45) is 0. The van der Waals surface area contributed by atoms with Crippen molar-refractivity contribution in [1.29, 1.82) is 0 Å². The van der Waals surface area contributed by atoms with Crippen LogP contribution in [0.1, 0.15) is 0 Å². The molecule has 3 aromatic rings. The Labute approximate surface area is 171 Å². The molecule has 1 aromatic heterocycles. The fourth-order valence-electron chi connectivity index (χ4n) is 2.88. The molecule has 29 heavy (non-hydrogen) atoms. The highest BCUT2D eigenvalue weighted by Gasteiger charge is 2.04. The topological polar surface area (TPSA) is 43.8 Å². The maximum atomic E-state index is 11.9. The van der Waals surface area contributed by atoms with Gasteiger partial charge in [-0.2, -0.15) is 0 Å². The second-order valence-corrected chi connectivity index (χ2v) is 6.75. The summed E-state index contributed by atoms with van der Waals surface area (Å²) in [7, 11) is 4.05. The van der Waals surface area contributed by atoms with Crippen molar-refractivity contribution in [3.63, 3.8) is 0 Å². The molecular formula is C23H27FN2O3. The van der Waals surface area contributed by atoms with Gasteiger partial charge in [0.2, 0.25) is 0 Å². The van der Waals surface area contributed by atoms with Gasteiger partial charge in [0, 0.05) is 30.7 Å². The minimum Gasteiger partial charge on any atom is -0.491 e. The zero-order valence-electron chi connectivity index (χ0n) is 16.9. The molecule has 0 saturated carbocycles. The van der Waals surface area contributed by atoms with Gasteiger partial charge in [0.15, 0.2) is 0 Å². The lowest BCUT2D eigenvalue weighted by atomic mass is 10.1. The molecule has 154 valence electrons. The highest BCUT2D eigenvalue weighted by atomic mass is 19.1. The number of aromatic nitrogens is 1. The van der Waals surface area contributed by atoms with Crippen LogP contribution in [0.25, 0.3) is 22.2 Å². The van der Waals surface area contributed by atoms with E-state index >= 15 is 0 Å². The highest BCUT2D eigenvalue weighted by molar-refractivity contribution is 5.83. The predicted octanol–water partition coefficient (Wildman–Crippen LogP) is 4.35. The second kappa shape index (κ2) is 10.7. The number of fused-ring (bicyclic) bond motifs is 1. The Morgan fingerprint density at radius 2 is 1.55 bits per heavy atom. The summed E-state index contributed by atoms with van der Waals surface area (Å²) in [5.74, 6) is 0.777. The minimum atomic E-state index is -0.468. The van der Waals surface area contributed by atoms with Crippen molar-refractivity contribution in [2.45, 2.75) is 0 Å². The van der Waals surface area contributed by atoms with Gasteiger partial charge in [-0.25, -0.2) is 9.37 Å². The average Bonchev–Trinajstić information content (AvgIpc) is 2.75. The van der Waals surface area contributed by atoms with Gasteiger partial charge in [0.05, 0.1) is 37.6 Å². The summed E-state index contributed by atoms with van der Waals surface area (Å²) in [4.78, 5) is 6.85. The van der Waals surface area contributed by atoms with Crippen LogP contribution >= 0.6 is 0 Å². The largest absolute Gasteiger partial charge is 0.491 e. The van der Waals surface area contributed by atoms with Gasteiger partial charge in [-0.1, -0.05) is 18.2 Å². The first-order chi connectivity index (χ1) is 14.2. The Morgan fingerprint density at radius 3 is 2.28 bits per heavy atom. The van der Waals surface area contributed by atoms with Crippen LogP contribution in [0.15, 0.2) is 54.6 Å². The smallest absolute Gasteiger partial charge is 0.120 e. The first kappa shape index (κ1) is 21.0. The first-order valence-electron chi connectivity index (χ1n) is 9.70. The summed E-state index contributed by atoms with van der Waals surface area (Å²) >= 11 is 0. The number of hydrogen-bond donors (Lipinski definition) is 0. The molecule has 0 radical (unpaired) electrons. The van der Waals surface area contributed by atoms with Gasteiger partial charge in [-0.15, -0.1) is 0 Å². The van der Waals surface area contributed by atoms with E-state index in [0.717, 1.165) is 33.6 Å². The van der Waals surface area contributed by atoms with Crippen molar-refractivity contribution in [2.75, 3.05) is 58.7 Å². The number of nitrogens with zero attached hydrogens (tertiary/aromatic N) is 2. The second-order valence-electron chi connectivity index (χ2n) is 6.75. The van der Waals surface area contributed by atoms with Crippen LogP contribution in [0.4, 0.5) is 10.1 Å². The molecule has 0 aliphatic rings. The fourth-order valence-corrected chi connectivity index (χ4v) is 2.88. The molecule has 0 amide bonds. The van der Waals surface area contributed by atoms with E-state index in [-0.39, 0.29) is 6.61 Å². The monoisotopic (exact) mass is 398 g/mol. The van der Waals surface area contributed by atoms with E-state index in [9.17, 15) is 4.39 Å². The number of pyridine rings is 1. The van der Waals surface area contributed by atoms with Gasteiger partial charge < -0.3 is 19.1 Å². The third-order valence-electron chi connectivity index (χ3n) is 4.43. The van der Waals surface area contributed by atoms with E-state index in [1.54, 1.807) is 0 Å². The van der Waals surface area contributed by atoms with Crippen molar-refractivity contribution < 1.29 is 18.6 Å². The van der Waals surface area contributed by atoms with Crippen LogP contribution in [-0.2, 0) is 9.47 Å². The van der Waals surface area contributed by atoms with Crippen molar-refractivity contribution >= 4 is 16.6 Å². The molecule has 0 N–H and O–H groups in total. The SMILES string of the molecule is CN(C)c1ccc(-c2ccc3cc(OCCOCCOCCF)ccc3n2)cc1. The molecule has 0 aliphatic carbocycles. The molecule has 6 heteroatoms. The maximum absolute atomic E-state index is 11.9. The third-order valence-corrected chi connectivity index (χ3v) is 4.43. The molecule has 3 rings (SSSR count). The van der Waals surface area contributed by atoms with Crippen molar-refractivity contribution in [2.24, 2.45) is 0 Å². The molecule has 0 fully saturated rings. The molecule has 5 nitrogen and oxygen atoms in total. The number of anilines is 1. The maximum Gasteiger partial charge on any atom is 0.120 e. The van der Waals surface area contributed by atoms with E-state index in [4.69, 9.17) is 19.2 Å². The fraction of sp³-hybridized carbons (Fsp3) is 0.348. The van der Waals surface area contributed by atoms with E-state index in [2.05, 4.69) is 35.2 Å². The Morgan fingerprint density at radius 1 is 0.828 bits per heavy atom. The number of ether oxygens (including phenoxy) is 3.